The van der Waals surface area contributed by atoms with Gasteiger partial charge < -0.3 is 66.7 Å². The van der Waals surface area contributed by atoms with E-state index in [1.165, 1.54) is 0 Å². The van der Waals surface area contributed by atoms with Gasteiger partial charge in [-0.1, -0.05) is 123 Å². The van der Waals surface area contributed by atoms with Gasteiger partial charge in [0.15, 0.2) is 6.23 Å². The second-order valence-electron chi connectivity index (χ2n) is 16.7. The molecule has 0 aromatic heterocycles. The number of phosphoric ester groups is 2. The Hall–Kier alpha value is -2.90. The van der Waals surface area contributed by atoms with E-state index >= 15 is 0 Å². The maximum atomic E-state index is 12.0. The minimum Gasteiger partial charge on any atom is -0.481 e. The topological polar surface area (TPSA) is 350 Å². The molecule has 24 nitrogen and oxygen atoms in total. The third-order valence-corrected chi connectivity index (χ3v) is 13.3. The van der Waals surface area contributed by atoms with Gasteiger partial charge in [-0.15, -0.1) is 0 Å². The molecule has 0 saturated carbocycles. The van der Waals surface area contributed by atoms with Crippen molar-refractivity contribution >= 4 is 60.3 Å². The average molecular weight is 1240 g/mol. The first-order valence-electron chi connectivity index (χ1n) is 23.0. The fraction of sp³-hybridized carbons (Fsp3) is 0.887. The second kappa shape index (κ2) is 62.2. The van der Waals surface area contributed by atoms with Gasteiger partial charge >= 0.3 is 60.3 Å². The normalized spacial score (nSPS) is 11.0. The molecule has 0 saturated heterocycles. The number of carboxylic acid groups (broad SMARTS) is 1. The van der Waals surface area contributed by atoms with Crippen molar-refractivity contribution < 1.29 is 114 Å². The lowest BCUT2D eigenvalue weighted by Gasteiger charge is -2.29. The maximum Gasteiger partial charge on any atom is 0.540 e. The van der Waals surface area contributed by atoms with Crippen LogP contribution in [0.5, 0.6) is 0 Å². The molecule has 0 radical (unpaired) electrons. The summed E-state index contributed by atoms with van der Waals surface area (Å²) in [5.41, 5.74) is -1.43. The molecular formula is C53H128O24P2Si. The van der Waals surface area contributed by atoms with Crippen molar-refractivity contribution in [1.82, 2.24) is 0 Å². The lowest BCUT2D eigenvalue weighted by molar-refractivity contribution is -0.156. The molecule has 27 heteroatoms. The number of carboxylic acids is 1. The fourth-order valence-electron chi connectivity index (χ4n) is 3.52. The number of aliphatic carboxylic acids is 1. The SMILES string of the molecule is C.C.C.C.C.C.C.C.C.C.CCC(C)(C)C(=O)OCCC(=O)O.CCC(C)(C)C(=O)OCCO.CCC(C)C(=O)OCCOP(=O)(O)O.CCC(C)C(=O)OCOP(=O)(O)O.CCO[Si](COC(=O)C(C)(C)CC)(OCC)OCC. The predicted molar refractivity (Wildman–Crippen MR) is 324 cm³/mol. The molecule has 2 atom stereocenters. The molecular weight excluding hydrogens is 1110 g/mol. The molecule has 0 aliphatic rings. The Balaban J connectivity index is -0.0000000498. The molecule has 0 fully saturated rings. The molecule has 498 valence electrons. The molecule has 6 N–H and O–H groups in total. The monoisotopic (exact) mass is 1240 g/mol. The Labute approximate surface area is 490 Å². The van der Waals surface area contributed by atoms with Crippen LogP contribution in [0.1, 0.15) is 224 Å². The van der Waals surface area contributed by atoms with E-state index in [9.17, 15) is 37.9 Å². The fourth-order valence-corrected chi connectivity index (χ4v) is 6.15. The van der Waals surface area contributed by atoms with Crippen LogP contribution >= 0.6 is 15.6 Å². The summed E-state index contributed by atoms with van der Waals surface area (Å²) in [7, 11) is -11.9. The van der Waals surface area contributed by atoms with Crippen LogP contribution in [0.3, 0.4) is 0 Å². The smallest absolute Gasteiger partial charge is 0.481 e. The summed E-state index contributed by atoms with van der Waals surface area (Å²) in [6.07, 6.45) is 3.36. The van der Waals surface area contributed by atoms with Crippen molar-refractivity contribution in [3.05, 3.63) is 0 Å². The first-order valence-corrected chi connectivity index (χ1v) is 28.0. The number of carbonyl (C=O) groups excluding carboxylic acids is 5. The molecule has 0 aliphatic heterocycles. The van der Waals surface area contributed by atoms with Crippen LogP contribution < -0.4 is 0 Å². The van der Waals surface area contributed by atoms with Gasteiger partial charge in [0, 0.05) is 19.8 Å². The Morgan fingerprint density at radius 2 is 0.775 bits per heavy atom. The van der Waals surface area contributed by atoms with Gasteiger partial charge in [-0.05, 0) is 94.4 Å². The van der Waals surface area contributed by atoms with E-state index in [1.54, 1.807) is 34.6 Å². The highest BCUT2D eigenvalue weighted by Crippen LogP contribution is 2.36. The lowest BCUT2D eigenvalue weighted by Crippen LogP contribution is -2.52. The summed E-state index contributed by atoms with van der Waals surface area (Å²) in [4.78, 5) is 99.4. The highest BCUT2D eigenvalue weighted by atomic mass is 31.2. The van der Waals surface area contributed by atoms with E-state index in [-0.39, 0.29) is 156 Å². The third kappa shape index (κ3) is 65.9. The Kier molecular flexibility index (Phi) is 89.9. The van der Waals surface area contributed by atoms with Crippen molar-refractivity contribution in [3.8, 4) is 0 Å². The van der Waals surface area contributed by atoms with Gasteiger partial charge in [0.05, 0.1) is 47.7 Å². The van der Waals surface area contributed by atoms with E-state index in [2.05, 4.69) is 18.5 Å². The Bertz CT molecular complexity index is 1540. The van der Waals surface area contributed by atoms with Crippen LogP contribution in [-0.4, -0.2) is 140 Å². The van der Waals surface area contributed by atoms with Crippen molar-refractivity contribution in [2.45, 2.75) is 224 Å². The van der Waals surface area contributed by atoms with Crippen LogP contribution in [0.15, 0.2) is 0 Å². The van der Waals surface area contributed by atoms with Crippen molar-refractivity contribution in [2.75, 3.05) is 65.9 Å². The summed E-state index contributed by atoms with van der Waals surface area (Å²) in [6, 6.07) is 0. The number of aliphatic hydroxyl groups excluding tert-OH is 1. The number of ether oxygens (including phenoxy) is 5. The zero-order chi connectivity index (χ0) is 56.0. The van der Waals surface area contributed by atoms with Gasteiger partial charge in [0.1, 0.15) is 19.8 Å². The van der Waals surface area contributed by atoms with Gasteiger partial charge in [-0.2, -0.15) is 0 Å². The standard InChI is InChI=1S/C13H28O5Si.C9H16O4.C8H16O3.C7H15O6P.C6H13O6P.10CH4/c1-7-13(5,6)12(14)15-11-19(16-8-2,17-9-3)18-10-4;1-4-9(2,3)8(12)13-6-5-7(10)11;1-4-8(2,3)7(10)11-6-5-9;1-3-6(2)7(8)12-4-5-13-14(9,10)11;1-3-5(2)6(7)11-4-12-13(8,9)10;;;;;;;;;;/h7-11H2,1-6H3;4-6H2,1-3H3,(H,10,11);9H,4-6H2,1-3H3;6H,3-5H2,1-2H3,(H2,9,10,11);5H,3-4H2,1-2H3,(H2,8,9,10);10*1H4. The molecule has 0 rings (SSSR count). The van der Waals surface area contributed by atoms with Gasteiger partial charge in [0.25, 0.3) is 0 Å². The zero-order valence-corrected chi connectivity index (χ0v) is 47.2. The van der Waals surface area contributed by atoms with Crippen molar-refractivity contribution in [1.29, 1.82) is 0 Å². The third-order valence-electron chi connectivity index (χ3n) is 9.69. The molecule has 2 unspecified atom stereocenters. The molecule has 0 bridgehead atoms. The van der Waals surface area contributed by atoms with Gasteiger partial charge in [-0.3, -0.25) is 33.3 Å². The first kappa shape index (κ1) is 116. The molecule has 0 aliphatic carbocycles. The number of carbonyl (C=O) groups is 6. The lowest BCUT2D eigenvalue weighted by atomic mass is 9.91. The highest BCUT2D eigenvalue weighted by molar-refractivity contribution is 7.46. The van der Waals surface area contributed by atoms with E-state index in [1.807, 2.05) is 76.2 Å². The van der Waals surface area contributed by atoms with E-state index in [4.69, 9.17) is 57.3 Å². The predicted octanol–water partition coefficient (Wildman–Crippen LogP) is 12.6. The maximum absolute atomic E-state index is 12.0. The molecule has 0 aromatic carbocycles. The number of esters is 5. The van der Waals surface area contributed by atoms with E-state index in [0.717, 1.165) is 12.8 Å². The summed E-state index contributed by atoms with van der Waals surface area (Å²) in [5.74, 6) is -3.19. The summed E-state index contributed by atoms with van der Waals surface area (Å²) >= 11 is 0. The van der Waals surface area contributed by atoms with Crippen molar-refractivity contribution in [3.63, 3.8) is 0 Å². The van der Waals surface area contributed by atoms with Gasteiger partial charge in [-0.25, -0.2) is 13.7 Å². The molecule has 0 amide bonds. The molecule has 0 heterocycles. The number of aliphatic hydroxyl groups is 1. The second-order valence-corrected chi connectivity index (χ2v) is 21.7. The molecule has 0 aromatic rings. The Morgan fingerprint density at radius 1 is 0.463 bits per heavy atom. The number of rotatable bonds is 30. The summed E-state index contributed by atoms with van der Waals surface area (Å²) < 4.78 is 69.2. The minimum absolute atomic E-state index is 0. The van der Waals surface area contributed by atoms with Crippen LogP contribution in [0.4, 0.5) is 0 Å². The number of phosphoric acid groups is 2. The van der Waals surface area contributed by atoms with Crippen LogP contribution in [0, 0.1) is 28.1 Å². The minimum atomic E-state index is -4.54. The molecule has 80 heavy (non-hydrogen) atoms. The summed E-state index contributed by atoms with van der Waals surface area (Å²) in [6.45, 7) is 29.5. The summed E-state index contributed by atoms with van der Waals surface area (Å²) in [5, 5.41) is 16.7. The highest BCUT2D eigenvalue weighted by Gasteiger charge is 2.44. The number of hydrogen-bond donors (Lipinski definition) is 6. The van der Waals surface area contributed by atoms with Crippen LogP contribution in [0.25, 0.3) is 0 Å². The average Bonchev–Trinajstić information content (AvgIpc) is 3.28. The van der Waals surface area contributed by atoms with Gasteiger partial charge in [0.2, 0.25) is 6.79 Å². The zero-order valence-electron chi connectivity index (χ0n) is 44.4. The Morgan fingerprint density at radius 3 is 1.05 bits per heavy atom. The van der Waals surface area contributed by atoms with E-state index < -0.39 is 59.4 Å². The molecule has 0 spiro atoms. The number of hydrogen-bond acceptors (Lipinski definition) is 19. The van der Waals surface area contributed by atoms with E-state index in [0.29, 0.717) is 39.1 Å². The van der Waals surface area contributed by atoms with Crippen LogP contribution in [-0.2, 0) is 83.9 Å². The van der Waals surface area contributed by atoms with Crippen LogP contribution in [0.2, 0.25) is 0 Å². The van der Waals surface area contributed by atoms with Crippen molar-refractivity contribution in [2.24, 2.45) is 28.1 Å². The largest absolute Gasteiger partial charge is 0.540 e. The quantitative estimate of drug-likeness (QED) is 0.00971. The first-order chi connectivity index (χ1) is 32.0.